The number of nitrogens with one attached hydrogen (secondary N) is 1. The van der Waals surface area contributed by atoms with E-state index in [2.05, 4.69) is 15.5 Å². The fourth-order valence-electron chi connectivity index (χ4n) is 2.12. The zero-order chi connectivity index (χ0) is 18.6. The Hall–Kier alpha value is -2.15. The number of hydrogen-bond donors (Lipinski definition) is 1. The van der Waals surface area contributed by atoms with Crippen molar-refractivity contribution < 1.29 is 9.59 Å². The molecule has 1 N–H and O–H groups in total. The summed E-state index contributed by atoms with van der Waals surface area (Å²) < 4.78 is 1.94. The Morgan fingerprint density at radius 1 is 1.08 bits per heavy atom. The monoisotopic (exact) mass is 360 g/mol. The van der Waals surface area contributed by atoms with E-state index in [1.54, 1.807) is 30.6 Å². The minimum Gasteiger partial charge on any atom is -0.326 e. The summed E-state index contributed by atoms with van der Waals surface area (Å²) in [6.07, 6.45) is 1.68. The minimum absolute atomic E-state index is 0.0186. The zero-order valence-corrected chi connectivity index (χ0v) is 16.0. The molecule has 2 rings (SSSR count). The Labute approximate surface area is 152 Å². The Kier molecular flexibility index (Phi) is 6.36. The number of amides is 1. The van der Waals surface area contributed by atoms with Gasteiger partial charge in [0.1, 0.15) is 6.33 Å². The highest BCUT2D eigenvalue weighted by Crippen LogP contribution is 2.26. The van der Waals surface area contributed by atoms with Gasteiger partial charge in [-0.1, -0.05) is 25.6 Å². The largest absolute Gasteiger partial charge is 0.326 e. The van der Waals surface area contributed by atoms with Crippen LogP contribution in [0.25, 0.3) is 0 Å². The van der Waals surface area contributed by atoms with Crippen LogP contribution in [0.4, 0.5) is 5.69 Å². The van der Waals surface area contributed by atoms with Crippen LogP contribution in [0.1, 0.15) is 51.0 Å². The van der Waals surface area contributed by atoms with E-state index in [9.17, 15) is 9.59 Å². The Bertz CT molecular complexity index is 738. The van der Waals surface area contributed by atoms with Gasteiger partial charge in [0.25, 0.3) is 0 Å². The van der Waals surface area contributed by atoms with Gasteiger partial charge in [0.2, 0.25) is 5.91 Å². The van der Waals surface area contributed by atoms with Gasteiger partial charge in [-0.05, 0) is 45.0 Å². The van der Waals surface area contributed by atoms with Crippen LogP contribution in [0.5, 0.6) is 0 Å². The predicted octanol–water partition coefficient (Wildman–Crippen LogP) is 3.82. The van der Waals surface area contributed by atoms with E-state index in [4.69, 9.17) is 0 Å². The first kappa shape index (κ1) is 19.2. The number of hydrogen-bond acceptors (Lipinski definition) is 5. The molecule has 0 fully saturated rings. The first-order valence-corrected chi connectivity index (χ1v) is 9.19. The number of anilines is 1. The molecule has 0 saturated heterocycles. The zero-order valence-electron chi connectivity index (χ0n) is 15.2. The molecule has 134 valence electrons. The molecule has 1 amide bonds. The summed E-state index contributed by atoms with van der Waals surface area (Å²) in [6.45, 7) is 9.62. The van der Waals surface area contributed by atoms with E-state index in [0.29, 0.717) is 11.3 Å². The molecule has 7 heteroatoms. The van der Waals surface area contributed by atoms with E-state index in [-0.39, 0.29) is 28.9 Å². The lowest BCUT2D eigenvalue weighted by molar-refractivity contribution is -0.118. The lowest BCUT2D eigenvalue weighted by Crippen LogP contribution is -2.18. The second kappa shape index (κ2) is 8.29. The van der Waals surface area contributed by atoms with Crippen LogP contribution in [-0.4, -0.2) is 31.7 Å². The fourth-order valence-corrected chi connectivity index (χ4v) is 3.15. The van der Waals surface area contributed by atoms with Crippen LogP contribution >= 0.6 is 11.8 Å². The van der Waals surface area contributed by atoms with Gasteiger partial charge in [-0.2, -0.15) is 0 Å². The normalized spacial score (nSPS) is 12.4. The maximum atomic E-state index is 12.6. The minimum atomic E-state index is -0.280. The van der Waals surface area contributed by atoms with Crippen molar-refractivity contribution in [2.24, 2.45) is 5.92 Å². The van der Waals surface area contributed by atoms with E-state index in [1.807, 2.05) is 39.2 Å². The number of nitrogens with zero attached hydrogens (tertiary/aromatic N) is 3. The van der Waals surface area contributed by atoms with Crippen molar-refractivity contribution in [1.82, 2.24) is 14.8 Å². The molecule has 0 aliphatic rings. The average molecular weight is 360 g/mol. The molecular weight excluding hydrogens is 336 g/mol. The number of thioether (sulfide) groups is 1. The number of ketones is 1. The number of Topliss-reactive ketones (excluding diaryl/α,β-unsaturated/α-hetero) is 1. The molecule has 0 radical (unpaired) electrons. The quantitative estimate of drug-likeness (QED) is 0.600. The van der Waals surface area contributed by atoms with E-state index < -0.39 is 0 Å². The number of carbonyl (C=O) groups excluding carboxylic acids is 2. The second-order valence-electron chi connectivity index (χ2n) is 6.46. The molecule has 1 aromatic heterocycles. The van der Waals surface area contributed by atoms with Gasteiger partial charge in [0.15, 0.2) is 10.9 Å². The first-order chi connectivity index (χ1) is 11.8. The van der Waals surface area contributed by atoms with Crippen molar-refractivity contribution in [2.45, 2.75) is 51.1 Å². The average Bonchev–Trinajstić information content (AvgIpc) is 3.03. The lowest BCUT2D eigenvalue weighted by Gasteiger charge is -2.13. The van der Waals surface area contributed by atoms with E-state index >= 15 is 0 Å². The summed E-state index contributed by atoms with van der Waals surface area (Å²) in [6, 6.07) is 7.22. The molecule has 0 aliphatic heterocycles. The summed E-state index contributed by atoms with van der Waals surface area (Å²) in [5.74, 6) is -0.114. The number of carbonyl (C=O) groups is 2. The molecule has 0 unspecified atom stereocenters. The summed E-state index contributed by atoms with van der Waals surface area (Å²) in [4.78, 5) is 24.3. The Morgan fingerprint density at radius 2 is 1.72 bits per heavy atom. The first-order valence-electron chi connectivity index (χ1n) is 8.31. The highest BCUT2D eigenvalue weighted by molar-refractivity contribution is 8.00. The van der Waals surface area contributed by atoms with Gasteiger partial charge in [-0.3, -0.25) is 9.59 Å². The van der Waals surface area contributed by atoms with Crippen LogP contribution in [-0.2, 0) is 4.79 Å². The summed E-state index contributed by atoms with van der Waals surface area (Å²) in [7, 11) is 0. The van der Waals surface area contributed by atoms with Crippen LogP contribution < -0.4 is 5.32 Å². The third-order valence-corrected chi connectivity index (χ3v) is 4.78. The molecule has 25 heavy (non-hydrogen) atoms. The van der Waals surface area contributed by atoms with Crippen molar-refractivity contribution in [2.75, 3.05) is 5.32 Å². The molecular formula is C18H24N4O2S. The van der Waals surface area contributed by atoms with Crippen molar-refractivity contribution in [3.8, 4) is 0 Å². The van der Waals surface area contributed by atoms with Crippen LogP contribution in [0.15, 0.2) is 35.7 Å². The van der Waals surface area contributed by atoms with Gasteiger partial charge < -0.3 is 9.88 Å². The Balaban J connectivity index is 2.04. The smallest absolute Gasteiger partial charge is 0.226 e. The summed E-state index contributed by atoms with van der Waals surface area (Å²) in [5, 5.41) is 11.3. The van der Waals surface area contributed by atoms with Crippen molar-refractivity contribution in [3.63, 3.8) is 0 Å². The van der Waals surface area contributed by atoms with Gasteiger partial charge in [0.05, 0.1) is 5.25 Å². The highest BCUT2D eigenvalue weighted by Gasteiger charge is 2.20. The molecule has 1 heterocycles. The van der Waals surface area contributed by atoms with Crippen LogP contribution in [0.3, 0.4) is 0 Å². The Morgan fingerprint density at radius 3 is 2.28 bits per heavy atom. The standard InChI is InChI=1S/C18H24N4O2S/c1-11(2)17(24)20-15-8-6-14(7-9-15)16(23)13(5)25-18-21-19-10-22(18)12(3)4/h6-13H,1-5H3,(H,20,24)/t13-/m1/s1. The van der Waals surface area contributed by atoms with E-state index in [1.165, 1.54) is 11.8 Å². The van der Waals surface area contributed by atoms with Crippen LogP contribution in [0, 0.1) is 5.92 Å². The van der Waals surface area contributed by atoms with Gasteiger partial charge >= 0.3 is 0 Å². The molecule has 0 saturated carbocycles. The molecule has 2 aromatic rings. The molecule has 0 aliphatic carbocycles. The third-order valence-electron chi connectivity index (χ3n) is 3.71. The van der Waals surface area contributed by atoms with E-state index in [0.717, 1.165) is 5.16 Å². The fraction of sp³-hybridized carbons (Fsp3) is 0.444. The highest BCUT2D eigenvalue weighted by atomic mass is 32.2. The van der Waals surface area contributed by atoms with Gasteiger partial charge in [-0.25, -0.2) is 0 Å². The summed E-state index contributed by atoms with van der Waals surface area (Å²) in [5.41, 5.74) is 1.30. The van der Waals surface area contributed by atoms with Crippen LogP contribution in [0.2, 0.25) is 0 Å². The predicted molar refractivity (Wildman–Crippen MR) is 100.0 cm³/mol. The molecule has 1 atom stereocenters. The van der Waals surface area contributed by atoms with Crippen molar-refractivity contribution >= 4 is 29.1 Å². The molecule has 6 nitrogen and oxygen atoms in total. The number of aromatic nitrogens is 3. The second-order valence-corrected chi connectivity index (χ2v) is 7.77. The maximum Gasteiger partial charge on any atom is 0.226 e. The third kappa shape index (κ3) is 4.92. The number of benzene rings is 1. The SMILES string of the molecule is CC(C)C(=O)Nc1ccc(C(=O)[C@@H](C)Sc2nncn2C(C)C)cc1. The topological polar surface area (TPSA) is 76.9 Å². The summed E-state index contributed by atoms with van der Waals surface area (Å²) >= 11 is 1.40. The van der Waals surface area contributed by atoms with Gasteiger partial charge in [-0.15, -0.1) is 10.2 Å². The van der Waals surface area contributed by atoms with Crippen molar-refractivity contribution in [3.05, 3.63) is 36.2 Å². The molecule has 0 spiro atoms. The molecule has 0 bridgehead atoms. The van der Waals surface area contributed by atoms with Crippen molar-refractivity contribution in [1.29, 1.82) is 0 Å². The number of rotatable bonds is 7. The van der Waals surface area contributed by atoms with Gasteiger partial charge in [0, 0.05) is 23.2 Å². The molecule has 1 aromatic carbocycles. The maximum absolute atomic E-state index is 12.6. The lowest BCUT2D eigenvalue weighted by atomic mass is 10.1.